The number of hydrogen-bond donors (Lipinski definition) is 1. The molecule has 1 rings (SSSR count). The van der Waals surface area contributed by atoms with E-state index in [-0.39, 0.29) is 11.8 Å². The number of hydrogen-bond acceptors (Lipinski definition) is 3. The fourth-order valence-electron chi connectivity index (χ4n) is 2.19. The van der Waals surface area contributed by atoms with Gasteiger partial charge in [-0.1, -0.05) is 20.8 Å². The van der Waals surface area contributed by atoms with E-state index in [1.165, 1.54) is 0 Å². The van der Waals surface area contributed by atoms with Gasteiger partial charge in [0.25, 0.3) is 0 Å². The van der Waals surface area contributed by atoms with Gasteiger partial charge in [0.05, 0.1) is 13.2 Å². The van der Waals surface area contributed by atoms with Crippen molar-refractivity contribution in [2.24, 2.45) is 5.92 Å². The Kier molecular flexibility index (Phi) is 6.84. The van der Waals surface area contributed by atoms with Crippen LogP contribution in [0.3, 0.4) is 0 Å². The minimum Gasteiger partial charge on any atom is -0.378 e. The van der Waals surface area contributed by atoms with Crippen LogP contribution < -0.4 is 5.32 Å². The molecule has 0 bridgehead atoms. The molecule has 1 atom stereocenters. The Labute approximate surface area is 115 Å². The van der Waals surface area contributed by atoms with E-state index in [2.05, 4.69) is 19.2 Å². The van der Waals surface area contributed by atoms with Crippen molar-refractivity contribution in [3.63, 3.8) is 0 Å². The molecule has 0 aromatic rings. The molecule has 0 aromatic carbocycles. The summed E-state index contributed by atoms with van der Waals surface area (Å²) >= 11 is 0. The highest BCUT2D eigenvalue weighted by molar-refractivity contribution is 5.87. The molecular formula is C14H26N2O3. The normalized spacial score (nSPS) is 17.4. The summed E-state index contributed by atoms with van der Waals surface area (Å²) in [6, 6.07) is -0.392. The third kappa shape index (κ3) is 5.59. The minimum absolute atomic E-state index is 0.0291. The van der Waals surface area contributed by atoms with Gasteiger partial charge in [-0.2, -0.15) is 0 Å². The molecule has 2 amide bonds. The van der Waals surface area contributed by atoms with Crippen LogP contribution in [0.2, 0.25) is 0 Å². The van der Waals surface area contributed by atoms with Crippen molar-refractivity contribution < 1.29 is 14.3 Å². The highest BCUT2D eigenvalue weighted by Gasteiger charge is 2.27. The summed E-state index contributed by atoms with van der Waals surface area (Å²) < 4.78 is 5.25. The van der Waals surface area contributed by atoms with Crippen LogP contribution in [0.1, 0.15) is 40.0 Å². The molecule has 1 N–H and O–H groups in total. The Balaban J connectivity index is 2.60. The fraction of sp³-hybridized carbons (Fsp3) is 0.857. The van der Waals surface area contributed by atoms with Gasteiger partial charge in [-0.3, -0.25) is 9.59 Å². The zero-order valence-electron chi connectivity index (χ0n) is 12.3. The maximum Gasteiger partial charge on any atom is 0.245 e. The van der Waals surface area contributed by atoms with Gasteiger partial charge < -0.3 is 15.0 Å². The number of rotatable bonds is 6. The summed E-state index contributed by atoms with van der Waals surface area (Å²) in [5.41, 5.74) is 0. The van der Waals surface area contributed by atoms with Gasteiger partial charge >= 0.3 is 0 Å². The monoisotopic (exact) mass is 270 g/mol. The lowest BCUT2D eigenvalue weighted by atomic mass is 10.0. The summed E-state index contributed by atoms with van der Waals surface area (Å²) in [6.45, 7) is 8.50. The Morgan fingerprint density at radius 2 is 1.89 bits per heavy atom. The highest BCUT2D eigenvalue weighted by atomic mass is 16.5. The largest absolute Gasteiger partial charge is 0.378 e. The molecule has 0 aromatic heterocycles. The molecule has 5 nitrogen and oxygen atoms in total. The third-order valence-corrected chi connectivity index (χ3v) is 3.14. The number of carbonyl (C=O) groups excluding carboxylic acids is 2. The summed E-state index contributed by atoms with van der Waals surface area (Å²) in [5.74, 6) is 0.369. The van der Waals surface area contributed by atoms with Gasteiger partial charge in [0.15, 0.2) is 0 Å². The third-order valence-electron chi connectivity index (χ3n) is 3.14. The van der Waals surface area contributed by atoms with E-state index < -0.39 is 6.04 Å². The second kappa shape index (κ2) is 8.15. The topological polar surface area (TPSA) is 58.6 Å². The van der Waals surface area contributed by atoms with Crippen LogP contribution in [0, 0.1) is 5.92 Å². The van der Waals surface area contributed by atoms with Crippen LogP contribution in [0.4, 0.5) is 0 Å². The molecular weight excluding hydrogens is 244 g/mol. The molecule has 5 heteroatoms. The molecule has 0 radical (unpaired) electrons. The second-order valence-corrected chi connectivity index (χ2v) is 5.44. The van der Waals surface area contributed by atoms with Gasteiger partial charge in [-0.25, -0.2) is 0 Å². The Bertz CT molecular complexity index is 299. The van der Waals surface area contributed by atoms with E-state index in [9.17, 15) is 9.59 Å². The predicted molar refractivity (Wildman–Crippen MR) is 73.7 cm³/mol. The van der Waals surface area contributed by atoms with Crippen LogP contribution >= 0.6 is 0 Å². The minimum atomic E-state index is -0.392. The second-order valence-electron chi connectivity index (χ2n) is 5.44. The number of nitrogens with zero attached hydrogens (tertiary/aromatic N) is 1. The summed E-state index contributed by atoms with van der Waals surface area (Å²) in [7, 11) is 0. The fourth-order valence-corrected chi connectivity index (χ4v) is 2.19. The predicted octanol–water partition coefficient (Wildman–Crippen LogP) is 1.18. The molecule has 0 saturated carbocycles. The van der Waals surface area contributed by atoms with Crippen molar-refractivity contribution in [3.8, 4) is 0 Å². The summed E-state index contributed by atoms with van der Waals surface area (Å²) in [6.07, 6.45) is 1.96. The van der Waals surface area contributed by atoms with Gasteiger partial charge in [0, 0.05) is 19.5 Å². The van der Waals surface area contributed by atoms with E-state index in [0.29, 0.717) is 45.1 Å². The van der Waals surface area contributed by atoms with Crippen molar-refractivity contribution in [2.75, 3.05) is 26.3 Å². The molecule has 110 valence electrons. The van der Waals surface area contributed by atoms with E-state index in [1.54, 1.807) is 4.90 Å². The average Bonchev–Trinajstić information content (AvgIpc) is 2.38. The van der Waals surface area contributed by atoms with Crippen LogP contribution in [0.15, 0.2) is 0 Å². The molecule has 19 heavy (non-hydrogen) atoms. The molecule has 1 aliphatic heterocycles. The first-order valence-electron chi connectivity index (χ1n) is 7.20. The lowest BCUT2D eigenvalue weighted by Crippen LogP contribution is -2.52. The molecule has 0 unspecified atom stereocenters. The maximum absolute atomic E-state index is 12.4. The van der Waals surface area contributed by atoms with Crippen molar-refractivity contribution >= 4 is 11.8 Å². The zero-order chi connectivity index (χ0) is 14.3. The van der Waals surface area contributed by atoms with Crippen molar-refractivity contribution in [1.29, 1.82) is 0 Å². The van der Waals surface area contributed by atoms with Crippen LogP contribution in [0.25, 0.3) is 0 Å². The Morgan fingerprint density at radius 1 is 1.26 bits per heavy atom. The van der Waals surface area contributed by atoms with Crippen LogP contribution in [0.5, 0.6) is 0 Å². The van der Waals surface area contributed by atoms with Crippen molar-refractivity contribution in [3.05, 3.63) is 0 Å². The maximum atomic E-state index is 12.4. The molecule has 1 heterocycles. The smallest absolute Gasteiger partial charge is 0.245 e. The summed E-state index contributed by atoms with van der Waals surface area (Å²) in [4.78, 5) is 25.9. The van der Waals surface area contributed by atoms with Crippen molar-refractivity contribution in [2.45, 2.75) is 46.1 Å². The van der Waals surface area contributed by atoms with E-state index in [0.717, 1.165) is 6.42 Å². The van der Waals surface area contributed by atoms with Gasteiger partial charge in [-0.15, -0.1) is 0 Å². The first-order valence-corrected chi connectivity index (χ1v) is 7.20. The van der Waals surface area contributed by atoms with E-state index in [4.69, 9.17) is 4.74 Å². The first-order chi connectivity index (χ1) is 9.04. The lowest BCUT2D eigenvalue weighted by Gasteiger charge is -2.31. The average molecular weight is 270 g/mol. The number of morpholine rings is 1. The SMILES string of the molecule is CCCC(=O)N[C@H](CC(C)C)C(=O)N1CCOCC1. The van der Waals surface area contributed by atoms with Crippen LogP contribution in [-0.2, 0) is 14.3 Å². The van der Waals surface area contributed by atoms with Gasteiger partial charge in [0.1, 0.15) is 6.04 Å². The highest BCUT2D eigenvalue weighted by Crippen LogP contribution is 2.10. The van der Waals surface area contributed by atoms with Crippen molar-refractivity contribution in [1.82, 2.24) is 10.2 Å². The van der Waals surface area contributed by atoms with Crippen LogP contribution in [-0.4, -0.2) is 49.1 Å². The molecule has 1 saturated heterocycles. The number of carbonyl (C=O) groups is 2. The first kappa shape index (κ1) is 16.0. The van der Waals surface area contributed by atoms with E-state index >= 15 is 0 Å². The Morgan fingerprint density at radius 3 is 2.42 bits per heavy atom. The molecule has 0 aliphatic carbocycles. The standard InChI is InChI=1S/C14H26N2O3/c1-4-5-13(17)15-12(10-11(2)3)14(18)16-6-8-19-9-7-16/h11-12H,4-10H2,1-3H3,(H,15,17)/t12-/m1/s1. The van der Waals surface area contributed by atoms with E-state index in [1.807, 2.05) is 6.92 Å². The number of nitrogens with one attached hydrogen (secondary N) is 1. The van der Waals surface area contributed by atoms with Gasteiger partial charge in [-0.05, 0) is 18.8 Å². The molecule has 0 spiro atoms. The summed E-state index contributed by atoms with van der Waals surface area (Å²) in [5, 5.41) is 2.88. The number of amides is 2. The Hall–Kier alpha value is -1.10. The molecule has 1 fully saturated rings. The zero-order valence-corrected chi connectivity index (χ0v) is 12.3. The van der Waals surface area contributed by atoms with Gasteiger partial charge in [0.2, 0.25) is 11.8 Å². The quantitative estimate of drug-likeness (QED) is 0.788. The number of ether oxygens (including phenoxy) is 1. The molecule has 1 aliphatic rings. The lowest BCUT2D eigenvalue weighted by molar-refractivity contribution is -0.140.